The Balaban J connectivity index is 1.92. The summed E-state index contributed by atoms with van der Waals surface area (Å²) in [5, 5.41) is 9.24. The summed E-state index contributed by atoms with van der Waals surface area (Å²) in [6.07, 6.45) is 0.343. The van der Waals surface area contributed by atoms with E-state index in [0.717, 1.165) is 6.54 Å². The van der Waals surface area contributed by atoms with Crippen molar-refractivity contribution in [3.63, 3.8) is 0 Å². The van der Waals surface area contributed by atoms with E-state index in [0.29, 0.717) is 30.6 Å². The molecule has 1 aliphatic heterocycles. The van der Waals surface area contributed by atoms with Gasteiger partial charge in [0, 0.05) is 19.6 Å². The number of nitrogens with zero attached hydrogens (tertiary/aromatic N) is 2. The highest BCUT2D eigenvalue weighted by atomic mass is 16.3. The molecule has 1 aromatic carbocycles. The Kier molecular flexibility index (Phi) is 4.52. The Morgan fingerprint density at radius 2 is 1.70 bits per heavy atom. The quantitative estimate of drug-likeness (QED) is 0.787. The second-order valence-electron chi connectivity index (χ2n) is 5.25. The van der Waals surface area contributed by atoms with Crippen LogP contribution in [0.15, 0.2) is 24.3 Å². The zero-order valence-electron chi connectivity index (χ0n) is 11.9. The molecule has 5 nitrogen and oxygen atoms in total. The molecule has 0 saturated carbocycles. The number of amides is 2. The third kappa shape index (κ3) is 3.05. The maximum absolute atomic E-state index is 12.1. The van der Waals surface area contributed by atoms with Gasteiger partial charge in [0.1, 0.15) is 0 Å². The van der Waals surface area contributed by atoms with Gasteiger partial charge in [-0.1, -0.05) is 12.1 Å². The van der Waals surface area contributed by atoms with Crippen LogP contribution >= 0.6 is 0 Å². The Labute approximate surface area is 118 Å². The molecule has 1 aliphatic rings. The van der Waals surface area contributed by atoms with Gasteiger partial charge in [-0.25, -0.2) is 0 Å². The first-order valence-corrected chi connectivity index (χ1v) is 6.82. The van der Waals surface area contributed by atoms with Gasteiger partial charge >= 0.3 is 0 Å². The number of aliphatic hydroxyl groups is 1. The highest BCUT2D eigenvalue weighted by Gasteiger charge is 2.34. The number of carbonyl (C=O) groups excluding carboxylic acids is 2. The molecule has 5 heteroatoms. The monoisotopic (exact) mass is 276 g/mol. The summed E-state index contributed by atoms with van der Waals surface area (Å²) in [5.41, 5.74) is 0.980. The van der Waals surface area contributed by atoms with E-state index in [1.807, 2.05) is 11.9 Å². The van der Waals surface area contributed by atoms with Crippen molar-refractivity contribution < 1.29 is 14.7 Å². The molecule has 0 aliphatic carbocycles. The highest BCUT2D eigenvalue weighted by Crippen LogP contribution is 2.21. The van der Waals surface area contributed by atoms with Crippen molar-refractivity contribution in [2.45, 2.75) is 19.4 Å². The lowest BCUT2D eigenvalue weighted by atomic mass is 10.1. The van der Waals surface area contributed by atoms with Crippen LogP contribution in [-0.4, -0.2) is 59.5 Å². The molecule has 1 unspecified atom stereocenters. The third-order valence-electron chi connectivity index (χ3n) is 3.51. The van der Waals surface area contributed by atoms with Crippen molar-refractivity contribution in [2.75, 3.05) is 26.7 Å². The van der Waals surface area contributed by atoms with Crippen LogP contribution in [0.1, 0.15) is 34.1 Å². The molecule has 1 heterocycles. The third-order valence-corrected chi connectivity index (χ3v) is 3.51. The van der Waals surface area contributed by atoms with Crippen LogP contribution < -0.4 is 0 Å². The van der Waals surface area contributed by atoms with Crippen molar-refractivity contribution in [3.8, 4) is 0 Å². The smallest absolute Gasteiger partial charge is 0.261 e. The molecular weight excluding hydrogens is 256 g/mol. The zero-order chi connectivity index (χ0) is 14.7. The van der Waals surface area contributed by atoms with Crippen molar-refractivity contribution in [1.82, 2.24) is 9.80 Å². The Morgan fingerprint density at radius 3 is 2.20 bits per heavy atom. The van der Waals surface area contributed by atoms with E-state index in [-0.39, 0.29) is 17.9 Å². The average molecular weight is 276 g/mol. The number of hydrogen-bond acceptors (Lipinski definition) is 4. The first-order valence-electron chi connectivity index (χ1n) is 6.82. The van der Waals surface area contributed by atoms with Gasteiger partial charge in [0.15, 0.2) is 0 Å². The Morgan fingerprint density at radius 1 is 1.15 bits per heavy atom. The zero-order valence-corrected chi connectivity index (χ0v) is 11.9. The molecule has 0 radical (unpaired) electrons. The first kappa shape index (κ1) is 14.7. The van der Waals surface area contributed by atoms with E-state index in [2.05, 4.69) is 0 Å². The molecular formula is C15H20N2O3. The van der Waals surface area contributed by atoms with Gasteiger partial charge in [-0.15, -0.1) is 0 Å². The molecule has 2 rings (SSSR count). The first-order chi connectivity index (χ1) is 9.50. The van der Waals surface area contributed by atoms with Gasteiger partial charge in [-0.05, 0) is 32.5 Å². The number of carbonyl (C=O) groups is 2. The second kappa shape index (κ2) is 6.15. The number of hydrogen-bond donors (Lipinski definition) is 1. The number of benzene rings is 1. The summed E-state index contributed by atoms with van der Waals surface area (Å²) in [5.74, 6) is -0.427. The van der Waals surface area contributed by atoms with E-state index in [1.54, 1.807) is 31.2 Å². The van der Waals surface area contributed by atoms with E-state index in [9.17, 15) is 14.7 Å². The Bertz CT molecular complexity index is 479. The van der Waals surface area contributed by atoms with E-state index in [4.69, 9.17) is 0 Å². The summed E-state index contributed by atoms with van der Waals surface area (Å²) < 4.78 is 0. The molecule has 1 N–H and O–H groups in total. The largest absolute Gasteiger partial charge is 0.393 e. The maximum Gasteiger partial charge on any atom is 0.261 e. The molecule has 0 spiro atoms. The number of rotatable bonds is 6. The van der Waals surface area contributed by atoms with Crippen LogP contribution in [0, 0.1) is 0 Å². The summed E-state index contributed by atoms with van der Waals surface area (Å²) in [6.45, 7) is 3.47. The van der Waals surface area contributed by atoms with Gasteiger partial charge < -0.3 is 10.0 Å². The maximum atomic E-state index is 12.1. The lowest BCUT2D eigenvalue weighted by Crippen LogP contribution is -2.37. The molecule has 0 bridgehead atoms. The lowest BCUT2D eigenvalue weighted by molar-refractivity contribution is 0.0637. The van der Waals surface area contributed by atoms with Gasteiger partial charge in [0.05, 0.1) is 17.2 Å². The summed E-state index contributed by atoms with van der Waals surface area (Å²) in [7, 11) is 1.92. The minimum absolute atomic E-state index is 0.213. The fourth-order valence-corrected chi connectivity index (χ4v) is 2.23. The minimum Gasteiger partial charge on any atom is -0.393 e. The normalized spacial score (nSPS) is 15.9. The van der Waals surface area contributed by atoms with Gasteiger partial charge in [-0.3, -0.25) is 14.5 Å². The number of aliphatic hydroxyl groups excluding tert-OH is 1. The molecule has 1 aromatic rings. The van der Waals surface area contributed by atoms with Crippen LogP contribution in [0.3, 0.4) is 0 Å². The Hall–Kier alpha value is -1.72. The average Bonchev–Trinajstić information content (AvgIpc) is 2.67. The van der Waals surface area contributed by atoms with E-state index < -0.39 is 0 Å². The minimum atomic E-state index is -0.336. The summed E-state index contributed by atoms with van der Waals surface area (Å²) in [4.78, 5) is 27.6. The van der Waals surface area contributed by atoms with Gasteiger partial charge in [-0.2, -0.15) is 0 Å². The highest BCUT2D eigenvalue weighted by molar-refractivity contribution is 6.21. The molecule has 2 amide bonds. The van der Waals surface area contributed by atoms with Crippen LogP contribution in [0.5, 0.6) is 0 Å². The number of imide groups is 1. The van der Waals surface area contributed by atoms with Crippen molar-refractivity contribution in [2.24, 2.45) is 0 Å². The molecule has 108 valence electrons. The topological polar surface area (TPSA) is 60.9 Å². The molecule has 1 atom stereocenters. The summed E-state index contributed by atoms with van der Waals surface area (Å²) >= 11 is 0. The van der Waals surface area contributed by atoms with Crippen LogP contribution in [0.25, 0.3) is 0 Å². The molecule has 20 heavy (non-hydrogen) atoms. The van der Waals surface area contributed by atoms with Crippen molar-refractivity contribution >= 4 is 11.8 Å². The fraction of sp³-hybridized carbons (Fsp3) is 0.467. The van der Waals surface area contributed by atoms with Crippen LogP contribution in [-0.2, 0) is 0 Å². The fourth-order valence-electron chi connectivity index (χ4n) is 2.23. The van der Waals surface area contributed by atoms with Gasteiger partial charge in [0.25, 0.3) is 11.8 Å². The van der Waals surface area contributed by atoms with Crippen LogP contribution in [0.2, 0.25) is 0 Å². The predicted molar refractivity (Wildman–Crippen MR) is 75.6 cm³/mol. The second-order valence-corrected chi connectivity index (χ2v) is 5.25. The van der Waals surface area contributed by atoms with Crippen molar-refractivity contribution in [3.05, 3.63) is 35.4 Å². The predicted octanol–water partition coefficient (Wildman–Crippen LogP) is 0.985. The standard InChI is InChI=1S/C15H20N2O3/c1-11(18)7-8-16(2)9-10-17-14(19)12-5-3-4-6-13(12)15(17)20/h3-6,11,18H,7-10H2,1-2H3. The van der Waals surface area contributed by atoms with Crippen molar-refractivity contribution in [1.29, 1.82) is 0 Å². The van der Waals surface area contributed by atoms with Gasteiger partial charge in [0.2, 0.25) is 0 Å². The van der Waals surface area contributed by atoms with E-state index in [1.165, 1.54) is 4.90 Å². The van der Waals surface area contributed by atoms with E-state index >= 15 is 0 Å². The molecule has 0 saturated heterocycles. The summed E-state index contributed by atoms with van der Waals surface area (Å²) in [6, 6.07) is 6.91. The number of likely N-dealkylation sites (N-methyl/N-ethyl adjacent to an activating group) is 1. The number of fused-ring (bicyclic) bond motifs is 1. The molecule has 0 fully saturated rings. The SMILES string of the molecule is CC(O)CCN(C)CCN1C(=O)c2ccccc2C1=O. The molecule has 0 aromatic heterocycles. The van der Waals surface area contributed by atoms with Crippen LogP contribution in [0.4, 0.5) is 0 Å². The lowest BCUT2D eigenvalue weighted by Gasteiger charge is -2.21.